The monoisotopic (exact) mass is 444 g/mol. The van der Waals surface area contributed by atoms with Gasteiger partial charge in [0.2, 0.25) is 5.91 Å². The minimum Gasteiger partial charge on any atom is -0.381 e. The fourth-order valence-electron chi connectivity index (χ4n) is 3.93. The lowest BCUT2D eigenvalue weighted by Crippen LogP contribution is -2.41. The molecule has 3 N–H and O–H groups in total. The molecule has 2 aromatic rings. The van der Waals surface area contributed by atoms with Gasteiger partial charge in [0.05, 0.1) is 29.0 Å². The second kappa shape index (κ2) is 10.3. The second-order valence-corrected chi connectivity index (χ2v) is 8.76. The normalized spacial score (nSPS) is 22.1. The summed E-state index contributed by atoms with van der Waals surface area (Å²) in [6.45, 7) is 5.28. The van der Waals surface area contributed by atoms with Gasteiger partial charge in [-0.2, -0.15) is 0 Å². The van der Waals surface area contributed by atoms with E-state index in [0.717, 1.165) is 45.4 Å². The molecule has 2 aliphatic heterocycles. The van der Waals surface area contributed by atoms with Crippen molar-refractivity contribution in [1.82, 2.24) is 20.3 Å². The van der Waals surface area contributed by atoms with Crippen molar-refractivity contribution in [2.45, 2.75) is 38.6 Å². The lowest BCUT2D eigenvalue weighted by Gasteiger charge is -2.26. The van der Waals surface area contributed by atoms with Crippen molar-refractivity contribution in [3.8, 4) is 11.3 Å². The van der Waals surface area contributed by atoms with E-state index in [9.17, 15) is 4.79 Å². The number of rotatable bonds is 6. The molecule has 0 unspecified atom stereocenters. The topological polar surface area (TPSA) is 101 Å². The van der Waals surface area contributed by atoms with Gasteiger partial charge in [-0.25, -0.2) is 9.97 Å². The molecule has 2 aromatic heterocycles. The van der Waals surface area contributed by atoms with Crippen LogP contribution in [-0.2, 0) is 9.53 Å². The van der Waals surface area contributed by atoms with E-state index in [-0.39, 0.29) is 11.8 Å². The van der Waals surface area contributed by atoms with Gasteiger partial charge in [-0.3, -0.25) is 9.78 Å². The lowest BCUT2D eigenvalue weighted by atomic mass is 9.95. The Balaban J connectivity index is 1.43. The number of nitrogens with one attached hydrogen (secondary N) is 3. The molecule has 4 heterocycles. The smallest absolute Gasteiger partial charge is 0.229 e. The molecule has 0 aliphatic carbocycles. The van der Waals surface area contributed by atoms with Gasteiger partial charge in [0.25, 0.3) is 0 Å². The van der Waals surface area contributed by atoms with Crippen LogP contribution in [-0.4, -0.2) is 53.2 Å². The number of carbonyl (C=O) groups excluding carboxylic acids is 1. The molecule has 4 rings (SSSR count). The van der Waals surface area contributed by atoms with Gasteiger partial charge in [-0.05, 0) is 44.6 Å². The first-order valence-electron chi connectivity index (χ1n) is 10.9. The molecule has 9 heteroatoms. The van der Waals surface area contributed by atoms with E-state index in [4.69, 9.17) is 16.3 Å². The first kappa shape index (κ1) is 21.9. The molecule has 0 spiro atoms. The molecule has 8 nitrogen and oxygen atoms in total. The molecule has 0 radical (unpaired) electrons. The Kier molecular flexibility index (Phi) is 7.32. The quantitative estimate of drug-likeness (QED) is 0.627. The molecular formula is C22H29ClN6O2. The van der Waals surface area contributed by atoms with Crippen molar-refractivity contribution in [2.75, 3.05) is 36.9 Å². The molecule has 1 amide bonds. The zero-order valence-electron chi connectivity index (χ0n) is 17.7. The summed E-state index contributed by atoms with van der Waals surface area (Å²) in [7, 11) is 0. The fraction of sp³-hybridized carbons (Fsp3) is 0.545. The van der Waals surface area contributed by atoms with Crippen molar-refractivity contribution in [3.63, 3.8) is 0 Å². The summed E-state index contributed by atoms with van der Waals surface area (Å²) < 4.78 is 5.41. The van der Waals surface area contributed by atoms with Gasteiger partial charge < -0.3 is 20.7 Å². The Morgan fingerprint density at radius 1 is 1.19 bits per heavy atom. The van der Waals surface area contributed by atoms with Gasteiger partial charge in [0.1, 0.15) is 11.6 Å². The summed E-state index contributed by atoms with van der Waals surface area (Å²) in [5, 5.41) is 10.1. The van der Waals surface area contributed by atoms with Crippen LogP contribution >= 0.6 is 11.6 Å². The Morgan fingerprint density at radius 3 is 2.81 bits per heavy atom. The number of piperidine rings is 1. The first-order chi connectivity index (χ1) is 15.1. The number of nitrogens with zero attached hydrogens (tertiary/aromatic N) is 3. The largest absolute Gasteiger partial charge is 0.381 e. The van der Waals surface area contributed by atoms with Crippen LogP contribution in [0.1, 0.15) is 32.6 Å². The molecule has 2 saturated heterocycles. The predicted molar refractivity (Wildman–Crippen MR) is 121 cm³/mol. The average Bonchev–Trinajstić information content (AvgIpc) is 2.80. The minimum absolute atomic E-state index is 0.0295. The van der Waals surface area contributed by atoms with Crippen LogP contribution in [0.25, 0.3) is 11.3 Å². The molecule has 2 aliphatic rings. The Hall–Kier alpha value is -2.29. The van der Waals surface area contributed by atoms with Crippen molar-refractivity contribution in [3.05, 3.63) is 29.7 Å². The van der Waals surface area contributed by atoms with E-state index < -0.39 is 0 Å². The van der Waals surface area contributed by atoms with Crippen LogP contribution in [0.4, 0.5) is 11.6 Å². The summed E-state index contributed by atoms with van der Waals surface area (Å²) in [5.74, 6) is 1.64. The number of anilines is 2. The highest BCUT2D eigenvalue weighted by Crippen LogP contribution is 2.29. The fourth-order valence-corrected chi connectivity index (χ4v) is 4.13. The van der Waals surface area contributed by atoms with Crippen molar-refractivity contribution >= 4 is 29.1 Å². The molecule has 0 aromatic carbocycles. The number of amides is 1. The summed E-state index contributed by atoms with van der Waals surface area (Å²) >= 11 is 6.40. The van der Waals surface area contributed by atoms with Gasteiger partial charge in [0, 0.05) is 44.1 Å². The highest BCUT2D eigenvalue weighted by atomic mass is 35.5. The van der Waals surface area contributed by atoms with Crippen LogP contribution in [0.2, 0.25) is 5.02 Å². The molecular weight excluding hydrogens is 416 g/mol. The van der Waals surface area contributed by atoms with Crippen LogP contribution in [0, 0.1) is 11.8 Å². The first-order valence-corrected chi connectivity index (χ1v) is 11.3. The number of aromatic nitrogens is 3. The van der Waals surface area contributed by atoms with Crippen LogP contribution in [0.3, 0.4) is 0 Å². The maximum Gasteiger partial charge on any atom is 0.229 e. The molecule has 0 saturated carbocycles. The van der Waals surface area contributed by atoms with Crippen LogP contribution in [0.5, 0.6) is 0 Å². The third-order valence-electron chi connectivity index (χ3n) is 5.96. The van der Waals surface area contributed by atoms with Crippen LogP contribution < -0.4 is 16.0 Å². The number of carbonyl (C=O) groups is 1. The zero-order valence-corrected chi connectivity index (χ0v) is 18.5. The lowest BCUT2D eigenvalue weighted by molar-refractivity contribution is -0.120. The van der Waals surface area contributed by atoms with E-state index in [1.165, 1.54) is 6.20 Å². The summed E-state index contributed by atoms with van der Waals surface area (Å²) in [6.07, 6.45) is 8.87. The van der Waals surface area contributed by atoms with Crippen molar-refractivity contribution in [2.24, 2.45) is 11.8 Å². The average molecular weight is 445 g/mol. The molecule has 31 heavy (non-hydrogen) atoms. The van der Waals surface area contributed by atoms with Crippen molar-refractivity contribution < 1.29 is 9.53 Å². The molecule has 2 fully saturated rings. The van der Waals surface area contributed by atoms with Crippen molar-refractivity contribution in [1.29, 1.82) is 0 Å². The Labute approximate surface area is 187 Å². The van der Waals surface area contributed by atoms with E-state index >= 15 is 0 Å². The number of ether oxygens (including phenoxy) is 1. The molecule has 166 valence electrons. The highest BCUT2D eigenvalue weighted by molar-refractivity contribution is 6.33. The third-order valence-corrected chi connectivity index (χ3v) is 6.26. The van der Waals surface area contributed by atoms with Gasteiger partial charge >= 0.3 is 0 Å². The second-order valence-electron chi connectivity index (χ2n) is 8.35. The number of hydrogen-bond acceptors (Lipinski definition) is 7. The molecule has 0 bridgehead atoms. The Bertz CT molecular complexity index is 897. The van der Waals surface area contributed by atoms with E-state index in [0.29, 0.717) is 46.4 Å². The summed E-state index contributed by atoms with van der Waals surface area (Å²) in [6, 6.07) is 2.21. The zero-order chi connectivity index (χ0) is 21.6. The third kappa shape index (κ3) is 5.90. The molecule has 2 atom stereocenters. The summed E-state index contributed by atoms with van der Waals surface area (Å²) in [4.78, 5) is 25.9. The van der Waals surface area contributed by atoms with E-state index in [2.05, 4.69) is 37.8 Å². The van der Waals surface area contributed by atoms with Gasteiger partial charge in [-0.15, -0.1) is 0 Å². The SMILES string of the molecule is C[C@@H]1CC[C@H](C(=O)Nc2cc(-c3cncc(NCC4CCOCC4)n3)c(Cl)cn2)CN1. The maximum absolute atomic E-state index is 12.6. The van der Waals surface area contributed by atoms with E-state index in [1.807, 2.05) is 0 Å². The standard InChI is InChI=1S/C22H29ClN6O2/c1-14-2-3-16(10-25-14)22(30)29-20-8-17(18(23)11-27-20)19-12-24-13-21(28-19)26-9-15-4-6-31-7-5-15/h8,11-16,25H,2-7,9-10H2,1H3,(H,26,28)(H,27,29,30)/t14-,16+/m1/s1. The highest BCUT2D eigenvalue weighted by Gasteiger charge is 2.24. The predicted octanol–water partition coefficient (Wildman–Crippen LogP) is 3.36. The van der Waals surface area contributed by atoms with Gasteiger partial charge in [-0.1, -0.05) is 11.6 Å². The summed E-state index contributed by atoms with van der Waals surface area (Å²) in [5.41, 5.74) is 1.32. The maximum atomic E-state index is 12.6. The van der Waals surface area contributed by atoms with E-state index in [1.54, 1.807) is 18.5 Å². The van der Waals surface area contributed by atoms with Crippen LogP contribution in [0.15, 0.2) is 24.7 Å². The number of hydrogen-bond donors (Lipinski definition) is 3. The van der Waals surface area contributed by atoms with Gasteiger partial charge in [0.15, 0.2) is 0 Å². The Morgan fingerprint density at radius 2 is 2.03 bits per heavy atom. The minimum atomic E-state index is -0.0605. The number of halogens is 1. The number of pyridine rings is 1.